The molecule has 1 aliphatic carbocycles. The third kappa shape index (κ3) is 8.84. The van der Waals surface area contributed by atoms with E-state index in [4.69, 9.17) is 14.6 Å². The number of aromatic carboxylic acids is 1. The molecule has 0 radical (unpaired) electrons. The Morgan fingerprint density at radius 3 is 2.00 bits per heavy atom. The molecule has 244 valence electrons. The monoisotopic (exact) mass is 651 g/mol. The van der Waals surface area contributed by atoms with Crippen LogP contribution in [0.2, 0.25) is 0 Å². The van der Waals surface area contributed by atoms with Crippen molar-refractivity contribution in [2.24, 2.45) is 0 Å². The molecule has 0 saturated heterocycles. The van der Waals surface area contributed by atoms with Crippen LogP contribution in [0.3, 0.4) is 0 Å². The lowest BCUT2D eigenvalue weighted by atomic mass is 9.98. The zero-order chi connectivity index (χ0) is 33.5. The number of sulfonamides is 1. The maximum atomic E-state index is 13.2. The fraction of sp³-hybridized carbons (Fsp3) is 0.333. The predicted molar refractivity (Wildman–Crippen MR) is 169 cm³/mol. The van der Waals surface area contributed by atoms with E-state index in [2.05, 4.69) is 10.6 Å². The van der Waals surface area contributed by atoms with Crippen molar-refractivity contribution in [3.8, 4) is 11.1 Å². The van der Waals surface area contributed by atoms with Crippen LogP contribution in [-0.2, 0) is 24.3 Å². The summed E-state index contributed by atoms with van der Waals surface area (Å²) in [4.78, 5) is 48.9. The van der Waals surface area contributed by atoms with Gasteiger partial charge in [0.05, 0.1) is 10.5 Å². The molecule has 4 N–H and O–H groups in total. The van der Waals surface area contributed by atoms with Crippen molar-refractivity contribution in [2.45, 2.75) is 62.5 Å². The number of benzene rings is 3. The zero-order valence-corrected chi connectivity index (χ0v) is 26.6. The van der Waals surface area contributed by atoms with Crippen LogP contribution >= 0.6 is 0 Å². The standard InChI is InChI=1S/C33H37N3O9S/c1-33(2,3)45-31(40)34-19-9-8-14-28(29(37)36-46(42,43)22-17-15-21(16-18-22)30(38)39)35-32(41)44-20-27-25-12-6-4-10-23(25)24-11-5-7-13-26(24)27/h4-7,10-13,15-18,27-28H,8-9,14,19-20H2,1-3H3,(H,34,40)(H,35,41)(H,36,37)(H,38,39)/t28-/m0/s1. The smallest absolute Gasteiger partial charge is 0.407 e. The Morgan fingerprint density at radius 1 is 0.848 bits per heavy atom. The Bertz CT molecular complexity index is 1650. The van der Waals surface area contributed by atoms with Crippen LogP contribution in [0.4, 0.5) is 9.59 Å². The van der Waals surface area contributed by atoms with Crippen molar-refractivity contribution in [1.29, 1.82) is 0 Å². The topological polar surface area (TPSA) is 177 Å². The van der Waals surface area contributed by atoms with Crippen LogP contribution in [0, 0.1) is 0 Å². The molecule has 0 unspecified atom stereocenters. The first kappa shape index (κ1) is 34.0. The molecule has 3 aromatic rings. The largest absolute Gasteiger partial charge is 0.478 e. The number of ether oxygens (including phenoxy) is 2. The van der Waals surface area contributed by atoms with Gasteiger partial charge in [0.15, 0.2) is 0 Å². The second-order valence-corrected chi connectivity index (χ2v) is 13.4. The molecule has 3 aromatic carbocycles. The second-order valence-electron chi connectivity index (χ2n) is 11.7. The van der Waals surface area contributed by atoms with Crippen LogP contribution < -0.4 is 15.4 Å². The van der Waals surface area contributed by atoms with Gasteiger partial charge in [0.25, 0.3) is 15.9 Å². The highest BCUT2D eigenvalue weighted by Gasteiger charge is 2.31. The van der Waals surface area contributed by atoms with Crippen LogP contribution in [0.25, 0.3) is 11.1 Å². The fourth-order valence-electron chi connectivity index (χ4n) is 5.07. The maximum absolute atomic E-state index is 13.2. The van der Waals surface area contributed by atoms with E-state index >= 15 is 0 Å². The lowest BCUT2D eigenvalue weighted by Crippen LogP contribution is -2.48. The van der Waals surface area contributed by atoms with Gasteiger partial charge in [-0.05, 0) is 86.6 Å². The molecule has 0 bridgehead atoms. The molecule has 46 heavy (non-hydrogen) atoms. The molecule has 0 heterocycles. The number of hydrogen-bond donors (Lipinski definition) is 4. The summed E-state index contributed by atoms with van der Waals surface area (Å²) >= 11 is 0. The fourth-order valence-corrected chi connectivity index (χ4v) is 6.09. The number of amides is 3. The molecule has 1 aliphatic rings. The summed E-state index contributed by atoms with van der Waals surface area (Å²) in [5.74, 6) is -2.46. The number of fused-ring (bicyclic) bond motifs is 3. The maximum Gasteiger partial charge on any atom is 0.407 e. The van der Waals surface area contributed by atoms with Crippen molar-refractivity contribution in [3.63, 3.8) is 0 Å². The van der Waals surface area contributed by atoms with E-state index in [1.807, 2.05) is 53.3 Å². The number of hydrogen-bond acceptors (Lipinski definition) is 8. The van der Waals surface area contributed by atoms with Gasteiger partial charge in [-0.2, -0.15) is 0 Å². The van der Waals surface area contributed by atoms with Crippen molar-refractivity contribution in [1.82, 2.24) is 15.4 Å². The molecule has 4 rings (SSSR count). The van der Waals surface area contributed by atoms with Gasteiger partial charge in [0, 0.05) is 12.5 Å². The molecular formula is C33H37N3O9S. The summed E-state index contributed by atoms with van der Waals surface area (Å²) in [6.45, 7) is 5.42. The molecule has 1 atom stereocenters. The number of alkyl carbamates (subject to hydrolysis) is 2. The molecule has 0 fully saturated rings. The van der Waals surface area contributed by atoms with Crippen molar-refractivity contribution in [3.05, 3.63) is 89.5 Å². The van der Waals surface area contributed by atoms with Crippen molar-refractivity contribution >= 4 is 34.1 Å². The third-order valence-electron chi connectivity index (χ3n) is 7.19. The summed E-state index contributed by atoms with van der Waals surface area (Å²) in [6, 6.07) is 18.7. The van der Waals surface area contributed by atoms with Crippen LogP contribution in [-0.4, -0.2) is 62.4 Å². The van der Waals surface area contributed by atoms with Crippen LogP contribution in [0.1, 0.15) is 67.4 Å². The summed E-state index contributed by atoms with van der Waals surface area (Å²) < 4.78 is 38.6. The summed E-state index contributed by atoms with van der Waals surface area (Å²) in [5, 5.41) is 14.2. The number of carboxylic acid groups (broad SMARTS) is 1. The van der Waals surface area contributed by atoms with E-state index in [-0.39, 0.29) is 35.9 Å². The SMILES string of the molecule is CC(C)(C)OC(=O)NCCCC[C@H](NC(=O)OCC1c2ccccc2-c2ccccc21)C(=O)NS(=O)(=O)c1ccc(C(=O)O)cc1. The van der Waals surface area contributed by atoms with Gasteiger partial charge in [0.1, 0.15) is 18.2 Å². The highest BCUT2D eigenvalue weighted by Crippen LogP contribution is 2.44. The van der Waals surface area contributed by atoms with E-state index in [9.17, 15) is 27.6 Å². The summed E-state index contributed by atoms with van der Waals surface area (Å²) in [7, 11) is -4.40. The Labute approximate surface area is 267 Å². The molecular weight excluding hydrogens is 614 g/mol. The van der Waals surface area contributed by atoms with Crippen molar-refractivity contribution in [2.75, 3.05) is 13.2 Å². The minimum absolute atomic E-state index is 0.0117. The van der Waals surface area contributed by atoms with Gasteiger partial charge < -0.3 is 25.2 Å². The minimum Gasteiger partial charge on any atom is -0.478 e. The van der Waals surface area contributed by atoms with E-state index < -0.39 is 45.7 Å². The Hall–Kier alpha value is -4.91. The first-order valence-electron chi connectivity index (χ1n) is 14.7. The van der Waals surface area contributed by atoms with E-state index in [0.717, 1.165) is 46.5 Å². The minimum atomic E-state index is -4.40. The van der Waals surface area contributed by atoms with Crippen molar-refractivity contribution < 1.29 is 42.2 Å². The second kappa shape index (κ2) is 14.5. The molecule has 0 spiro atoms. The third-order valence-corrected chi connectivity index (χ3v) is 8.55. The van der Waals surface area contributed by atoms with E-state index in [1.54, 1.807) is 20.8 Å². The summed E-state index contributed by atoms with van der Waals surface area (Å²) in [6.07, 6.45) is -0.751. The zero-order valence-electron chi connectivity index (χ0n) is 25.7. The van der Waals surface area contributed by atoms with Gasteiger partial charge in [-0.1, -0.05) is 48.5 Å². The quantitative estimate of drug-likeness (QED) is 0.201. The number of carboxylic acids is 1. The summed E-state index contributed by atoms with van der Waals surface area (Å²) in [5.41, 5.74) is 3.31. The lowest BCUT2D eigenvalue weighted by Gasteiger charge is -2.20. The molecule has 0 aromatic heterocycles. The van der Waals surface area contributed by atoms with Gasteiger partial charge in [-0.25, -0.2) is 27.5 Å². The van der Waals surface area contributed by atoms with E-state index in [0.29, 0.717) is 12.8 Å². The highest BCUT2D eigenvalue weighted by molar-refractivity contribution is 7.90. The van der Waals surface area contributed by atoms with Gasteiger partial charge in [-0.3, -0.25) is 4.79 Å². The van der Waals surface area contributed by atoms with Gasteiger partial charge >= 0.3 is 18.2 Å². The van der Waals surface area contributed by atoms with Crippen LogP contribution in [0.15, 0.2) is 77.7 Å². The lowest BCUT2D eigenvalue weighted by molar-refractivity contribution is -0.121. The first-order chi connectivity index (χ1) is 21.7. The number of unbranched alkanes of at least 4 members (excludes halogenated alkanes) is 1. The Morgan fingerprint density at radius 2 is 1.43 bits per heavy atom. The first-order valence-corrected chi connectivity index (χ1v) is 16.2. The average molecular weight is 652 g/mol. The Balaban J connectivity index is 1.41. The molecule has 13 heteroatoms. The number of rotatable bonds is 12. The number of carbonyl (C=O) groups is 4. The molecule has 3 amide bonds. The van der Waals surface area contributed by atoms with Crippen LogP contribution in [0.5, 0.6) is 0 Å². The molecule has 0 saturated carbocycles. The van der Waals surface area contributed by atoms with Gasteiger partial charge in [-0.15, -0.1) is 0 Å². The van der Waals surface area contributed by atoms with Gasteiger partial charge in [0.2, 0.25) is 0 Å². The number of carbonyl (C=O) groups excluding carboxylic acids is 3. The average Bonchev–Trinajstić information content (AvgIpc) is 3.31. The Kier molecular flexibility index (Phi) is 10.7. The molecule has 0 aliphatic heterocycles. The normalized spacial score (nSPS) is 13.1. The number of nitrogens with one attached hydrogen (secondary N) is 3. The molecule has 12 nitrogen and oxygen atoms in total. The highest BCUT2D eigenvalue weighted by atomic mass is 32.2. The predicted octanol–water partition coefficient (Wildman–Crippen LogP) is 4.79. The van der Waals surface area contributed by atoms with E-state index in [1.165, 1.54) is 0 Å².